The molecule has 1 aromatic carbocycles. The predicted octanol–water partition coefficient (Wildman–Crippen LogP) is 4.66. The van der Waals surface area contributed by atoms with Gasteiger partial charge in [-0.15, -0.1) is 11.3 Å². The zero-order valence-corrected chi connectivity index (χ0v) is 17.6. The fourth-order valence-corrected chi connectivity index (χ4v) is 5.84. The van der Waals surface area contributed by atoms with Crippen molar-refractivity contribution in [1.82, 2.24) is 9.55 Å². The lowest BCUT2D eigenvalue weighted by molar-refractivity contribution is -0.136. The van der Waals surface area contributed by atoms with E-state index in [9.17, 15) is 9.59 Å². The Morgan fingerprint density at radius 2 is 2.00 bits per heavy atom. The zero-order valence-electron chi connectivity index (χ0n) is 14.4. The lowest BCUT2D eigenvalue weighted by Crippen LogP contribution is -2.22. The number of carbonyl (C=O) groups is 1. The second-order valence-corrected chi connectivity index (χ2v) is 9.46. The molecule has 0 unspecified atom stereocenters. The van der Waals surface area contributed by atoms with Crippen molar-refractivity contribution in [2.45, 2.75) is 37.3 Å². The molecule has 8 heteroatoms. The number of carboxylic acid groups (broad SMARTS) is 1. The van der Waals surface area contributed by atoms with E-state index in [2.05, 4.69) is 15.9 Å². The Labute approximate surface area is 172 Å². The molecule has 1 aliphatic carbocycles. The van der Waals surface area contributed by atoms with Crippen molar-refractivity contribution in [2.75, 3.05) is 5.75 Å². The van der Waals surface area contributed by atoms with E-state index in [0.29, 0.717) is 10.9 Å². The Bertz CT molecular complexity index is 1070. The lowest BCUT2D eigenvalue weighted by Gasteiger charge is -2.13. The van der Waals surface area contributed by atoms with Gasteiger partial charge in [0.05, 0.1) is 17.5 Å². The first-order valence-corrected chi connectivity index (χ1v) is 11.3. The second-order valence-electron chi connectivity index (χ2n) is 6.39. The number of rotatable bonds is 5. The fourth-order valence-electron chi connectivity index (χ4n) is 3.33. The van der Waals surface area contributed by atoms with Gasteiger partial charge in [0.25, 0.3) is 5.56 Å². The molecule has 0 radical (unpaired) electrons. The van der Waals surface area contributed by atoms with Crippen LogP contribution in [-0.4, -0.2) is 26.4 Å². The summed E-state index contributed by atoms with van der Waals surface area (Å²) in [6.07, 6.45) is 4.22. The Hall–Kier alpha value is -1.64. The third-order valence-electron chi connectivity index (χ3n) is 4.59. The summed E-state index contributed by atoms with van der Waals surface area (Å²) in [6, 6.07) is 7.53. The number of fused-ring (bicyclic) bond motifs is 3. The van der Waals surface area contributed by atoms with Crippen LogP contribution in [0.1, 0.15) is 29.7 Å². The molecule has 0 aliphatic heterocycles. The summed E-state index contributed by atoms with van der Waals surface area (Å²) < 4.78 is 2.56. The Morgan fingerprint density at radius 3 is 2.74 bits per heavy atom. The van der Waals surface area contributed by atoms with Gasteiger partial charge in [0, 0.05) is 15.1 Å². The number of halogens is 1. The van der Waals surface area contributed by atoms with Gasteiger partial charge in [-0.1, -0.05) is 27.7 Å². The van der Waals surface area contributed by atoms with E-state index in [1.165, 1.54) is 16.6 Å². The molecule has 1 N–H and O–H groups in total. The molecule has 0 saturated heterocycles. The van der Waals surface area contributed by atoms with Crippen LogP contribution in [0.2, 0.25) is 0 Å². The Kier molecular flexibility index (Phi) is 5.39. The minimum atomic E-state index is -0.854. The Balaban J connectivity index is 1.90. The monoisotopic (exact) mass is 464 g/mol. The fraction of sp³-hybridized carbons (Fsp3) is 0.316. The predicted molar refractivity (Wildman–Crippen MR) is 113 cm³/mol. The molecule has 2 aromatic heterocycles. The third kappa shape index (κ3) is 3.70. The largest absolute Gasteiger partial charge is 0.481 e. The maximum atomic E-state index is 13.5. The molecular weight excluding hydrogens is 448 g/mol. The number of hydrogen-bond donors (Lipinski definition) is 1. The summed E-state index contributed by atoms with van der Waals surface area (Å²) in [7, 11) is 0. The van der Waals surface area contributed by atoms with Crippen LogP contribution < -0.4 is 5.56 Å². The molecule has 0 amide bonds. The van der Waals surface area contributed by atoms with E-state index in [0.717, 1.165) is 51.6 Å². The van der Waals surface area contributed by atoms with Crippen LogP contribution in [0, 0.1) is 0 Å². The van der Waals surface area contributed by atoms with Crippen LogP contribution in [0.4, 0.5) is 0 Å². The molecule has 1 aliphatic rings. The van der Waals surface area contributed by atoms with Gasteiger partial charge < -0.3 is 5.11 Å². The summed E-state index contributed by atoms with van der Waals surface area (Å²) in [5.41, 5.74) is 1.84. The number of thioether (sulfide) groups is 1. The van der Waals surface area contributed by atoms with Crippen LogP contribution in [-0.2, 0) is 17.6 Å². The van der Waals surface area contributed by atoms with Crippen molar-refractivity contribution in [2.24, 2.45) is 0 Å². The highest BCUT2D eigenvalue weighted by molar-refractivity contribution is 9.10. The lowest BCUT2D eigenvalue weighted by atomic mass is 9.97. The molecule has 0 bridgehead atoms. The molecule has 0 fully saturated rings. The summed E-state index contributed by atoms with van der Waals surface area (Å²) in [5, 5.41) is 10.2. The van der Waals surface area contributed by atoms with Gasteiger partial charge in [0.15, 0.2) is 5.16 Å². The number of nitrogens with zero attached hydrogens (tertiary/aromatic N) is 2. The number of hydrogen-bond acceptors (Lipinski definition) is 5. The van der Waals surface area contributed by atoms with Crippen LogP contribution in [0.3, 0.4) is 0 Å². The standard InChI is InChI=1S/C19H17BrN2O3S2/c20-11-5-7-12(8-6-11)22-18(25)16-13-3-1-2-4-14(13)27-17(16)21-19(22)26-10-9-15(23)24/h5-8H,1-4,9-10H2,(H,23,24). The second kappa shape index (κ2) is 7.77. The van der Waals surface area contributed by atoms with E-state index in [1.54, 1.807) is 15.9 Å². The molecule has 4 rings (SSSR count). The van der Waals surface area contributed by atoms with Gasteiger partial charge in [0.1, 0.15) is 4.83 Å². The van der Waals surface area contributed by atoms with Crippen molar-refractivity contribution in [3.05, 3.63) is 49.5 Å². The van der Waals surface area contributed by atoms with Crippen LogP contribution >= 0.6 is 39.0 Å². The maximum absolute atomic E-state index is 13.5. The topological polar surface area (TPSA) is 72.2 Å². The van der Waals surface area contributed by atoms with Crippen LogP contribution in [0.25, 0.3) is 15.9 Å². The number of aryl methyl sites for hydroxylation is 2. The molecule has 27 heavy (non-hydrogen) atoms. The van der Waals surface area contributed by atoms with Crippen molar-refractivity contribution in [3.8, 4) is 5.69 Å². The Morgan fingerprint density at radius 1 is 1.26 bits per heavy atom. The minimum Gasteiger partial charge on any atom is -0.481 e. The molecular formula is C19H17BrN2O3S2. The molecule has 2 heterocycles. The summed E-state index contributed by atoms with van der Waals surface area (Å²) in [4.78, 5) is 31.2. The van der Waals surface area contributed by atoms with Crippen molar-refractivity contribution in [3.63, 3.8) is 0 Å². The van der Waals surface area contributed by atoms with Gasteiger partial charge in [-0.2, -0.15) is 0 Å². The van der Waals surface area contributed by atoms with Gasteiger partial charge in [-0.05, 0) is 55.5 Å². The van der Waals surface area contributed by atoms with Gasteiger partial charge in [-0.3, -0.25) is 14.2 Å². The van der Waals surface area contributed by atoms with E-state index >= 15 is 0 Å². The van der Waals surface area contributed by atoms with Crippen molar-refractivity contribution < 1.29 is 9.90 Å². The molecule has 3 aromatic rings. The first-order valence-electron chi connectivity index (χ1n) is 8.72. The van der Waals surface area contributed by atoms with Gasteiger partial charge >= 0.3 is 5.97 Å². The van der Waals surface area contributed by atoms with E-state index in [1.807, 2.05) is 24.3 Å². The number of aromatic nitrogens is 2. The van der Waals surface area contributed by atoms with Gasteiger partial charge in [0.2, 0.25) is 0 Å². The minimum absolute atomic E-state index is 0.0276. The SMILES string of the molecule is O=C(O)CCSc1nc2sc3c(c2c(=O)n1-c1ccc(Br)cc1)CCCC3. The third-order valence-corrected chi connectivity index (χ3v) is 7.24. The number of carboxylic acids is 1. The van der Waals surface area contributed by atoms with Crippen LogP contribution in [0.5, 0.6) is 0 Å². The zero-order chi connectivity index (χ0) is 19.0. The average Bonchev–Trinajstić information content (AvgIpc) is 3.01. The molecule has 5 nitrogen and oxygen atoms in total. The normalized spacial score (nSPS) is 13.7. The van der Waals surface area contributed by atoms with Gasteiger partial charge in [-0.25, -0.2) is 4.98 Å². The average molecular weight is 465 g/mol. The molecule has 0 atom stereocenters. The first kappa shape index (κ1) is 18.7. The quantitative estimate of drug-likeness (QED) is 0.439. The maximum Gasteiger partial charge on any atom is 0.304 e. The molecule has 0 saturated carbocycles. The number of thiophene rings is 1. The number of benzene rings is 1. The van der Waals surface area contributed by atoms with E-state index < -0.39 is 5.97 Å². The summed E-state index contributed by atoms with van der Waals surface area (Å²) in [6.45, 7) is 0. The van der Waals surface area contributed by atoms with Crippen LogP contribution in [0.15, 0.2) is 38.7 Å². The number of aliphatic carboxylic acids is 1. The van der Waals surface area contributed by atoms with Crippen molar-refractivity contribution in [1.29, 1.82) is 0 Å². The summed E-state index contributed by atoms with van der Waals surface area (Å²) >= 11 is 6.35. The first-order chi connectivity index (χ1) is 13.0. The highest BCUT2D eigenvalue weighted by Gasteiger charge is 2.23. The van der Waals surface area contributed by atoms with E-state index in [4.69, 9.17) is 10.1 Å². The highest BCUT2D eigenvalue weighted by Crippen LogP contribution is 2.35. The smallest absolute Gasteiger partial charge is 0.304 e. The highest BCUT2D eigenvalue weighted by atomic mass is 79.9. The van der Waals surface area contributed by atoms with E-state index in [-0.39, 0.29) is 12.0 Å². The summed E-state index contributed by atoms with van der Waals surface area (Å²) in [5.74, 6) is -0.484. The molecule has 140 valence electrons. The molecule has 0 spiro atoms. The van der Waals surface area contributed by atoms with Crippen molar-refractivity contribution >= 4 is 55.2 Å².